The molecule has 1 heterocycles. The zero-order valence-electron chi connectivity index (χ0n) is 13.3. The van der Waals surface area contributed by atoms with Crippen LogP contribution in [0.5, 0.6) is 0 Å². The van der Waals surface area contributed by atoms with E-state index in [1.54, 1.807) is 0 Å². The van der Waals surface area contributed by atoms with Gasteiger partial charge in [0.05, 0.1) is 10.8 Å². The van der Waals surface area contributed by atoms with E-state index < -0.39 is 10.8 Å². The molecule has 4 nitrogen and oxygen atoms in total. The maximum atomic E-state index is 12.2. The SMILES string of the molecule is CCCC(=O)NC1CCCN(CCS(=O)c2ccccc2)C1. The van der Waals surface area contributed by atoms with Crippen LogP contribution in [-0.2, 0) is 15.6 Å². The Labute approximate surface area is 135 Å². The third kappa shape index (κ3) is 5.54. The molecule has 0 radical (unpaired) electrons. The van der Waals surface area contributed by atoms with Gasteiger partial charge in [-0.3, -0.25) is 9.00 Å². The lowest BCUT2D eigenvalue weighted by Crippen LogP contribution is -2.48. The smallest absolute Gasteiger partial charge is 0.220 e. The summed E-state index contributed by atoms with van der Waals surface area (Å²) in [5.41, 5.74) is 0. The maximum Gasteiger partial charge on any atom is 0.220 e. The number of amides is 1. The first-order chi connectivity index (χ1) is 10.7. The Morgan fingerprint density at radius 1 is 1.36 bits per heavy atom. The maximum absolute atomic E-state index is 12.2. The lowest BCUT2D eigenvalue weighted by atomic mass is 10.1. The van der Waals surface area contributed by atoms with E-state index in [9.17, 15) is 9.00 Å². The summed E-state index contributed by atoms with van der Waals surface area (Å²) in [4.78, 5) is 14.9. The Balaban J connectivity index is 1.76. The number of hydrogen-bond donors (Lipinski definition) is 1. The van der Waals surface area contributed by atoms with Crippen molar-refractivity contribution in [2.45, 2.75) is 43.5 Å². The second-order valence-corrected chi connectivity index (χ2v) is 7.39. The highest BCUT2D eigenvalue weighted by Gasteiger charge is 2.21. The highest BCUT2D eigenvalue weighted by molar-refractivity contribution is 7.85. The lowest BCUT2D eigenvalue weighted by molar-refractivity contribution is -0.122. The van der Waals surface area contributed by atoms with Gasteiger partial charge in [0.25, 0.3) is 0 Å². The van der Waals surface area contributed by atoms with E-state index in [4.69, 9.17) is 0 Å². The molecule has 0 aromatic heterocycles. The minimum absolute atomic E-state index is 0.155. The molecule has 0 saturated carbocycles. The molecule has 2 atom stereocenters. The van der Waals surface area contributed by atoms with Gasteiger partial charge >= 0.3 is 0 Å². The predicted octanol–water partition coefficient (Wildman–Crippen LogP) is 2.17. The highest BCUT2D eigenvalue weighted by atomic mass is 32.2. The third-order valence-electron chi connectivity index (χ3n) is 3.95. The fourth-order valence-electron chi connectivity index (χ4n) is 2.81. The summed E-state index contributed by atoms with van der Waals surface area (Å²) < 4.78 is 12.2. The van der Waals surface area contributed by atoms with Gasteiger partial charge in [-0.05, 0) is 37.9 Å². The Morgan fingerprint density at radius 2 is 2.14 bits per heavy atom. The molecule has 1 fully saturated rings. The van der Waals surface area contributed by atoms with Crippen molar-refractivity contribution in [3.8, 4) is 0 Å². The first-order valence-electron chi connectivity index (χ1n) is 8.14. The quantitative estimate of drug-likeness (QED) is 0.837. The molecule has 2 unspecified atom stereocenters. The minimum atomic E-state index is -0.939. The molecular formula is C17H26N2O2S. The van der Waals surface area contributed by atoms with Crippen molar-refractivity contribution in [3.63, 3.8) is 0 Å². The van der Waals surface area contributed by atoms with Gasteiger partial charge in [-0.1, -0.05) is 25.1 Å². The van der Waals surface area contributed by atoms with Crippen LogP contribution in [0.3, 0.4) is 0 Å². The molecule has 1 saturated heterocycles. The molecule has 1 aliphatic rings. The lowest BCUT2D eigenvalue weighted by Gasteiger charge is -2.33. The molecule has 5 heteroatoms. The van der Waals surface area contributed by atoms with E-state index in [1.807, 2.05) is 37.3 Å². The number of benzene rings is 1. The van der Waals surface area contributed by atoms with Crippen LogP contribution in [0, 0.1) is 0 Å². The van der Waals surface area contributed by atoms with Gasteiger partial charge in [-0.2, -0.15) is 0 Å². The molecule has 122 valence electrons. The number of hydrogen-bond acceptors (Lipinski definition) is 3. The van der Waals surface area contributed by atoms with E-state index in [0.29, 0.717) is 12.2 Å². The number of nitrogens with zero attached hydrogens (tertiary/aromatic N) is 1. The van der Waals surface area contributed by atoms with Crippen molar-refractivity contribution in [3.05, 3.63) is 30.3 Å². The van der Waals surface area contributed by atoms with Crippen molar-refractivity contribution in [2.24, 2.45) is 0 Å². The van der Waals surface area contributed by atoms with E-state index >= 15 is 0 Å². The van der Waals surface area contributed by atoms with E-state index in [0.717, 1.165) is 43.8 Å². The number of rotatable bonds is 7. The fraction of sp³-hybridized carbons (Fsp3) is 0.588. The number of nitrogens with one attached hydrogen (secondary N) is 1. The summed E-state index contributed by atoms with van der Waals surface area (Å²) in [6, 6.07) is 9.87. The van der Waals surface area contributed by atoms with Gasteiger partial charge in [-0.15, -0.1) is 0 Å². The van der Waals surface area contributed by atoms with Crippen molar-refractivity contribution >= 4 is 16.7 Å². The number of carbonyl (C=O) groups is 1. The summed E-state index contributed by atoms with van der Waals surface area (Å²) in [5.74, 6) is 0.807. The predicted molar refractivity (Wildman–Crippen MR) is 90.2 cm³/mol. The summed E-state index contributed by atoms with van der Waals surface area (Å²) in [7, 11) is -0.939. The van der Waals surface area contributed by atoms with Crippen LogP contribution >= 0.6 is 0 Å². The molecule has 0 aliphatic carbocycles. The molecule has 1 aromatic carbocycles. The molecule has 0 bridgehead atoms. The molecule has 1 aliphatic heterocycles. The van der Waals surface area contributed by atoms with Crippen LogP contribution in [0.1, 0.15) is 32.6 Å². The van der Waals surface area contributed by atoms with Crippen LogP contribution in [0.15, 0.2) is 35.2 Å². The number of likely N-dealkylation sites (tertiary alicyclic amines) is 1. The first kappa shape index (κ1) is 17.2. The van der Waals surface area contributed by atoms with Gasteiger partial charge in [0.15, 0.2) is 0 Å². The zero-order valence-corrected chi connectivity index (χ0v) is 14.1. The second-order valence-electron chi connectivity index (χ2n) is 5.82. The molecule has 2 rings (SSSR count). The Bertz CT molecular complexity index is 493. The van der Waals surface area contributed by atoms with Gasteiger partial charge in [0.2, 0.25) is 5.91 Å². The van der Waals surface area contributed by atoms with Crippen molar-refractivity contribution in [1.82, 2.24) is 10.2 Å². The third-order valence-corrected chi connectivity index (χ3v) is 5.30. The van der Waals surface area contributed by atoms with Crippen molar-refractivity contribution < 1.29 is 9.00 Å². The minimum Gasteiger partial charge on any atom is -0.352 e. The summed E-state index contributed by atoms with van der Waals surface area (Å²) in [5, 5.41) is 3.11. The molecular weight excluding hydrogens is 296 g/mol. The molecule has 22 heavy (non-hydrogen) atoms. The van der Waals surface area contributed by atoms with Crippen LogP contribution in [-0.4, -0.2) is 46.4 Å². The highest BCUT2D eigenvalue weighted by Crippen LogP contribution is 2.12. The Hall–Kier alpha value is -1.20. The largest absolute Gasteiger partial charge is 0.352 e. The summed E-state index contributed by atoms with van der Waals surface area (Å²) >= 11 is 0. The van der Waals surface area contributed by atoms with E-state index in [2.05, 4.69) is 10.2 Å². The Morgan fingerprint density at radius 3 is 2.86 bits per heavy atom. The van der Waals surface area contributed by atoms with Gasteiger partial charge in [-0.25, -0.2) is 0 Å². The normalized spacial score (nSPS) is 20.5. The van der Waals surface area contributed by atoms with Crippen LogP contribution in [0.4, 0.5) is 0 Å². The molecule has 1 N–H and O–H groups in total. The number of carbonyl (C=O) groups excluding carboxylic acids is 1. The summed E-state index contributed by atoms with van der Waals surface area (Å²) in [6.45, 7) is 4.75. The van der Waals surface area contributed by atoms with Gasteiger partial charge < -0.3 is 10.2 Å². The summed E-state index contributed by atoms with van der Waals surface area (Å²) in [6.07, 6.45) is 3.63. The molecule has 1 aromatic rings. The topological polar surface area (TPSA) is 49.4 Å². The van der Waals surface area contributed by atoms with E-state index in [-0.39, 0.29) is 11.9 Å². The van der Waals surface area contributed by atoms with Crippen LogP contribution < -0.4 is 5.32 Å². The zero-order chi connectivity index (χ0) is 15.8. The fourth-order valence-corrected chi connectivity index (χ4v) is 3.93. The average molecular weight is 322 g/mol. The molecule has 0 spiro atoms. The molecule has 1 amide bonds. The van der Waals surface area contributed by atoms with Gasteiger partial charge in [0.1, 0.15) is 0 Å². The average Bonchev–Trinajstić information content (AvgIpc) is 2.54. The van der Waals surface area contributed by atoms with Gasteiger partial charge in [0, 0.05) is 36.2 Å². The van der Waals surface area contributed by atoms with Crippen LogP contribution in [0.25, 0.3) is 0 Å². The second kappa shape index (κ2) is 9.06. The first-order valence-corrected chi connectivity index (χ1v) is 9.46. The van der Waals surface area contributed by atoms with Crippen molar-refractivity contribution in [2.75, 3.05) is 25.4 Å². The monoisotopic (exact) mass is 322 g/mol. The van der Waals surface area contributed by atoms with Crippen molar-refractivity contribution in [1.29, 1.82) is 0 Å². The number of piperidine rings is 1. The van der Waals surface area contributed by atoms with E-state index in [1.165, 1.54) is 0 Å². The van der Waals surface area contributed by atoms with Crippen LogP contribution in [0.2, 0.25) is 0 Å². The standard InChI is InChI=1S/C17H26N2O2S/c1-2-7-17(20)18-15-8-6-11-19(14-15)12-13-22(21)16-9-4-3-5-10-16/h3-5,9-10,15H,2,6-8,11-14H2,1H3,(H,18,20). The Kier molecular flexibility index (Phi) is 7.06.